The number of hydrogen-bond donors (Lipinski definition) is 0. The number of ketones is 1. The highest BCUT2D eigenvalue weighted by Gasteiger charge is 2.45. The molecule has 16 heavy (non-hydrogen) atoms. The Hall–Kier alpha value is -0.850. The van der Waals surface area contributed by atoms with Crippen LogP contribution < -0.4 is 0 Å². The van der Waals surface area contributed by atoms with Crippen molar-refractivity contribution in [3.8, 4) is 0 Å². The van der Waals surface area contributed by atoms with Crippen molar-refractivity contribution in [2.45, 2.75) is 46.5 Å². The monoisotopic (exact) mass is 218 g/mol. The molecule has 0 aromatic carbocycles. The van der Waals surface area contributed by atoms with Crippen LogP contribution in [0.15, 0.2) is 23.8 Å². The van der Waals surface area contributed by atoms with Crippen LogP contribution in [-0.4, -0.2) is 5.78 Å². The molecule has 1 fully saturated rings. The fourth-order valence-electron chi connectivity index (χ4n) is 3.30. The Morgan fingerprint density at radius 3 is 2.88 bits per heavy atom. The van der Waals surface area contributed by atoms with Crippen LogP contribution in [0.25, 0.3) is 0 Å². The van der Waals surface area contributed by atoms with Crippen LogP contribution in [-0.2, 0) is 4.79 Å². The molecule has 0 aliphatic heterocycles. The molecule has 1 nitrogen and oxygen atoms in total. The van der Waals surface area contributed by atoms with E-state index in [1.165, 1.54) is 12.0 Å². The second-order valence-corrected chi connectivity index (χ2v) is 5.89. The number of hydrogen-bond acceptors (Lipinski definition) is 1. The number of carbonyl (C=O) groups is 1. The summed E-state index contributed by atoms with van der Waals surface area (Å²) in [6.45, 7) is 10.7. The lowest BCUT2D eigenvalue weighted by atomic mass is 9.57. The van der Waals surface area contributed by atoms with E-state index < -0.39 is 0 Å². The Labute approximate surface area is 98.6 Å². The Kier molecular flexibility index (Phi) is 2.81. The summed E-state index contributed by atoms with van der Waals surface area (Å²) >= 11 is 0. The predicted octanol–water partition coefficient (Wildman–Crippen LogP) is 3.90. The molecule has 0 N–H and O–H groups in total. The van der Waals surface area contributed by atoms with Gasteiger partial charge in [-0.1, -0.05) is 32.1 Å². The van der Waals surface area contributed by atoms with Crippen LogP contribution in [0.3, 0.4) is 0 Å². The van der Waals surface area contributed by atoms with Gasteiger partial charge < -0.3 is 0 Å². The number of rotatable bonds is 1. The normalized spacial score (nSPS) is 38.9. The zero-order valence-corrected chi connectivity index (χ0v) is 10.7. The van der Waals surface area contributed by atoms with E-state index in [4.69, 9.17) is 0 Å². The third-order valence-electron chi connectivity index (χ3n) is 4.75. The zero-order valence-electron chi connectivity index (χ0n) is 10.7. The van der Waals surface area contributed by atoms with Crippen LogP contribution in [0.4, 0.5) is 0 Å². The van der Waals surface area contributed by atoms with E-state index in [1.807, 2.05) is 0 Å². The summed E-state index contributed by atoms with van der Waals surface area (Å²) in [6, 6.07) is 0. The van der Waals surface area contributed by atoms with Gasteiger partial charge in [0.1, 0.15) is 0 Å². The van der Waals surface area contributed by atoms with Gasteiger partial charge in [-0.3, -0.25) is 4.79 Å². The van der Waals surface area contributed by atoms with E-state index in [-0.39, 0.29) is 5.41 Å². The Morgan fingerprint density at radius 2 is 2.25 bits per heavy atom. The summed E-state index contributed by atoms with van der Waals surface area (Å²) in [6.07, 6.45) is 6.29. The van der Waals surface area contributed by atoms with Crippen LogP contribution in [0.5, 0.6) is 0 Å². The molecule has 0 unspecified atom stereocenters. The molecule has 2 aliphatic carbocycles. The summed E-state index contributed by atoms with van der Waals surface area (Å²) in [5, 5.41) is 0. The molecule has 1 heteroatoms. The van der Waals surface area contributed by atoms with Crippen LogP contribution in [0, 0.1) is 17.3 Å². The van der Waals surface area contributed by atoms with Crippen molar-refractivity contribution in [3.63, 3.8) is 0 Å². The molecular formula is C15H22O. The van der Waals surface area contributed by atoms with E-state index in [1.54, 1.807) is 0 Å². The van der Waals surface area contributed by atoms with Crippen molar-refractivity contribution < 1.29 is 4.79 Å². The minimum absolute atomic E-state index is 0.108. The van der Waals surface area contributed by atoms with Gasteiger partial charge >= 0.3 is 0 Å². The third-order valence-corrected chi connectivity index (χ3v) is 4.75. The summed E-state index contributed by atoms with van der Waals surface area (Å²) in [4.78, 5) is 12.2. The van der Waals surface area contributed by atoms with Crippen LogP contribution >= 0.6 is 0 Å². The number of Topliss-reactive ketones (excluding diaryl/α,β-unsaturated/α-hetero) is 1. The van der Waals surface area contributed by atoms with Crippen molar-refractivity contribution in [1.29, 1.82) is 0 Å². The first-order chi connectivity index (χ1) is 7.45. The van der Waals surface area contributed by atoms with Gasteiger partial charge in [0.15, 0.2) is 5.78 Å². The lowest BCUT2D eigenvalue weighted by molar-refractivity contribution is -0.120. The molecule has 0 radical (unpaired) electrons. The van der Waals surface area contributed by atoms with Gasteiger partial charge in [-0.2, -0.15) is 0 Å². The largest absolute Gasteiger partial charge is 0.295 e. The summed E-state index contributed by atoms with van der Waals surface area (Å²) in [5.74, 6) is 1.39. The molecule has 2 rings (SSSR count). The summed E-state index contributed by atoms with van der Waals surface area (Å²) in [7, 11) is 0. The predicted molar refractivity (Wildman–Crippen MR) is 67.1 cm³/mol. The first kappa shape index (κ1) is 11.6. The molecule has 0 heterocycles. The SMILES string of the molecule is C=C(C)[C@@H]1CC(=O)C2=CCC[C@H](C)[C@@]2(C)C1. The molecule has 0 saturated heterocycles. The van der Waals surface area contributed by atoms with Gasteiger partial charge in [-0.25, -0.2) is 0 Å². The number of fused-ring (bicyclic) bond motifs is 1. The minimum Gasteiger partial charge on any atom is -0.295 e. The highest BCUT2D eigenvalue weighted by molar-refractivity contribution is 5.98. The molecular weight excluding hydrogens is 196 g/mol. The van der Waals surface area contributed by atoms with Crippen molar-refractivity contribution >= 4 is 5.78 Å². The highest BCUT2D eigenvalue weighted by Crippen LogP contribution is 2.51. The van der Waals surface area contributed by atoms with Gasteiger partial charge in [0.25, 0.3) is 0 Å². The molecule has 0 aromatic rings. The minimum atomic E-state index is 0.108. The maximum Gasteiger partial charge on any atom is 0.159 e. The molecule has 88 valence electrons. The van der Waals surface area contributed by atoms with E-state index in [2.05, 4.69) is 33.4 Å². The van der Waals surface area contributed by atoms with E-state index >= 15 is 0 Å². The van der Waals surface area contributed by atoms with E-state index in [0.717, 1.165) is 18.4 Å². The van der Waals surface area contributed by atoms with Crippen molar-refractivity contribution in [1.82, 2.24) is 0 Å². The second kappa shape index (κ2) is 3.87. The quantitative estimate of drug-likeness (QED) is 0.610. The third kappa shape index (κ3) is 1.66. The summed E-state index contributed by atoms with van der Waals surface area (Å²) < 4.78 is 0. The van der Waals surface area contributed by atoms with Gasteiger partial charge in [0.2, 0.25) is 0 Å². The van der Waals surface area contributed by atoms with Gasteiger partial charge in [0.05, 0.1) is 0 Å². The van der Waals surface area contributed by atoms with E-state index in [9.17, 15) is 4.79 Å². The Balaban J connectivity index is 2.36. The van der Waals surface area contributed by atoms with Gasteiger partial charge in [-0.05, 0) is 49.0 Å². The van der Waals surface area contributed by atoms with E-state index in [0.29, 0.717) is 24.0 Å². The van der Waals surface area contributed by atoms with Crippen molar-refractivity contribution in [2.75, 3.05) is 0 Å². The lowest BCUT2D eigenvalue weighted by Gasteiger charge is -2.46. The molecule has 2 aliphatic rings. The zero-order chi connectivity index (χ0) is 11.9. The maximum atomic E-state index is 12.2. The fourth-order valence-corrected chi connectivity index (χ4v) is 3.30. The molecule has 3 atom stereocenters. The Bertz CT molecular complexity index is 364. The average Bonchev–Trinajstić information content (AvgIpc) is 2.20. The lowest BCUT2D eigenvalue weighted by Crippen LogP contribution is -2.40. The molecule has 1 saturated carbocycles. The standard InChI is InChI=1S/C15H22O/c1-10(2)12-8-14(16)13-7-5-6-11(3)15(13,4)9-12/h7,11-12H,1,5-6,8-9H2,2-4H3/t11-,12+,15+/m0/s1. The first-order valence-electron chi connectivity index (χ1n) is 6.34. The molecule has 0 bridgehead atoms. The van der Waals surface area contributed by atoms with Crippen molar-refractivity contribution in [3.05, 3.63) is 23.8 Å². The van der Waals surface area contributed by atoms with Crippen LogP contribution in [0.2, 0.25) is 0 Å². The Morgan fingerprint density at radius 1 is 1.56 bits per heavy atom. The highest BCUT2D eigenvalue weighted by atomic mass is 16.1. The first-order valence-corrected chi connectivity index (χ1v) is 6.34. The smallest absolute Gasteiger partial charge is 0.159 e. The number of carbonyl (C=O) groups excluding carboxylic acids is 1. The van der Waals surface area contributed by atoms with Gasteiger partial charge in [-0.15, -0.1) is 0 Å². The molecule has 0 aromatic heterocycles. The molecule has 0 amide bonds. The maximum absolute atomic E-state index is 12.2. The van der Waals surface area contributed by atoms with Gasteiger partial charge in [0, 0.05) is 6.42 Å². The fraction of sp³-hybridized carbons (Fsp3) is 0.667. The summed E-state index contributed by atoms with van der Waals surface area (Å²) in [5.41, 5.74) is 2.40. The topological polar surface area (TPSA) is 17.1 Å². The average molecular weight is 218 g/mol. The second-order valence-electron chi connectivity index (χ2n) is 5.89. The van der Waals surface area contributed by atoms with Crippen LogP contribution in [0.1, 0.15) is 46.5 Å². The molecule has 0 spiro atoms. The number of allylic oxidation sites excluding steroid dienone is 3. The van der Waals surface area contributed by atoms with Crippen molar-refractivity contribution in [2.24, 2.45) is 17.3 Å².